The molecule has 28 heavy (non-hydrogen) atoms. The van der Waals surface area contributed by atoms with Gasteiger partial charge >= 0.3 is 0 Å². The number of pyridine rings is 1. The number of benzene rings is 2. The summed E-state index contributed by atoms with van der Waals surface area (Å²) in [6, 6.07) is 14.5. The summed E-state index contributed by atoms with van der Waals surface area (Å²) in [5, 5.41) is 6.76. The van der Waals surface area contributed by atoms with Gasteiger partial charge in [0, 0.05) is 29.0 Å². The highest BCUT2D eigenvalue weighted by molar-refractivity contribution is 6.30. The van der Waals surface area contributed by atoms with Gasteiger partial charge in [0.2, 0.25) is 6.79 Å². The molecule has 4 rings (SSSR count). The van der Waals surface area contributed by atoms with Gasteiger partial charge in [0.05, 0.1) is 0 Å². The quantitative estimate of drug-likeness (QED) is 0.658. The van der Waals surface area contributed by atoms with Gasteiger partial charge in [-0.05, 0) is 60.5 Å². The van der Waals surface area contributed by atoms with Gasteiger partial charge in [0.1, 0.15) is 5.82 Å². The molecular weight excluding hydrogens is 378 g/mol. The number of hydrogen-bond acceptors (Lipinski definition) is 5. The van der Waals surface area contributed by atoms with Crippen molar-refractivity contribution in [3.05, 3.63) is 76.4 Å². The van der Waals surface area contributed by atoms with E-state index in [0.717, 1.165) is 28.3 Å². The molecule has 1 aliphatic heterocycles. The van der Waals surface area contributed by atoms with Gasteiger partial charge < -0.3 is 20.1 Å². The molecule has 142 valence electrons. The molecule has 1 aliphatic rings. The fourth-order valence-corrected chi connectivity index (χ4v) is 3.10. The predicted octanol–water partition coefficient (Wildman–Crippen LogP) is 4.64. The monoisotopic (exact) mass is 395 g/mol. The zero-order valence-corrected chi connectivity index (χ0v) is 15.9. The minimum atomic E-state index is -0.209. The zero-order valence-electron chi connectivity index (χ0n) is 15.2. The van der Waals surface area contributed by atoms with E-state index in [4.69, 9.17) is 21.1 Å². The number of anilines is 2. The zero-order chi connectivity index (χ0) is 19.5. The minimum absolute atomic E-state index is 0.209. The second kappa shape index (κ2) is 7.78. The number of fused-ring (bicyclic) bond motifs is 1. The first-order chi connectivity index (χ1) is 13.6. The lowest BCUT2D eigenvalue weighted by atomic mass is 10.1. The van der Waals surface area contributed by atoms with E-state index in [1.807, 2.05) is 31.2 Å². The maximum atomic E-state index is 12.6. The molecule has 0 saturated heterocycles. The summed E-state index contributed by atoms with van der Waals surface area (Å²) < 4.78 is 10.7. The van der Waals surface area contributed by atoms with E-state index in [-0.39, 0.29) is 12.7 Å². The number of ether oxygens (including phenoxy) is 2. The maximum Gasteiger partial charge on any atom is 0.255 e. The third kappa shape index (κ3) is 4.02. The summed E-state index contributed by atoms with van der Waals surface area (Å²) in [5.41, 5.74) is 3.16. The number of aromatic nitrogens is 1. The molecule has 1 aromatic heterocycles. The molecule has 6 nitrogen and oxygen atoms in total. The van der Waals surface area contributed by atoms with Crippen LogP contribution in [0.2, 0.25) is 5.02 Å². The Balaban J connectivity index is 1.43. The Kier molecular flexibility index (Phi) is 5.04. The van der Waals surface area contributed by atoms with Crippen LogP contribution in [-0.2, 0) is 6.54 Å². The Morgan fingerprint density at radius 3 is 2.82 bits per heavy atom. The second-order valence-electron chi connectivity index (χ2n) is 6.38. The van der Waals surface area contributed by atoms with Crippen molar-refractivity contribution < 1.29 is 14.3 Å². The van der Waals surface area contributed by atoms with Crippen LogP contribution in [0.5, 0.6) is 11.5 Å². The number of carbonyl (C=O) groups is 1. The van der Waals surface area contributed by atoms with Gasteiger partial charge in [-0.3, -0.25) is 4.79 Å². The van der Waals surface area contributed by atoms with Gasteiger partial charge in [0.15, 0.2) is 11.5 Å². The van der Waals surface area contributed by atoms with E-state index in [2.05, 4.69) is 15.6 Å². The second-order valence-corrected chi connectivity index (χ2v) is 6.82. The van der Waals surface area contributed by atoms with E-state index >= 15 is 0 Å². The van der Waals surface area contributed by atoms with Crippen molar-refractivity contribution in [2.45, 2.75) is 13.5 Å². The fourth-order valence-electron chi connectivity index (χ4n) is 2.87. The molecule has 3 aromatic rings. The average Bonchev–Trinajstić information content (AvgIpc) is 3.16. The topological polar surface area (TPSA) is 72.5 Å². The number of halogens is 1. The van der Waals surface area contributed by atoms with Gasteiger partial charge in [-0.15, -0.1) is 0 Å². The van der Waals surface area contributed by atoms with Gasteiger partial charge in [-0.1, -0.05) is 17.7 Å². The summed E-state index contributed by atoms with van der Waals surface area (Å²) >= 11 is 5.96. The number of carbonyl (C=O) groups excluding carboxylic acids is 1. The normalized spacial score (nSPS) is 11.9. The summed E-state index contributed by atoms with van der Waals surface area (Å²) in [5.74, 6) is 1.88. The number of amides is 1. The van der Waals surface area contributed by atoms with Crippen LogP contribution in [0.3, 0.4) is 0 Å². The van der Waals surface area contributed by atoms with Crippen molar-refractivity contribution in [1.29, 1.82) is 0 Å². The van der Waals surface area contributed by atoms with Crippen LogP contribution in [0, 0.1) is 6.92 Å². The van der Waals surface area contributed by atoms with Gasteiger partial charge in [-0.2, -0.15) is 0 Å². The molecule has 0 unspecified atom stereocenters. The molecule has 2 heterocycles. The van der Waals surface area contributed by atoms with E-state index < -0.39 is 0 Å². The maximum absolute atomic E-state index is 12.6. The van der Waals surface area contributed by atoms with Crippen LogP contribution >= 0.6 is 11.6 Å². The lowest BCUT2D eigenvalue weighted by Crippen LogP contribution is -2.13. The molecule has 2 aromatic carbocycles. The number of hydrogen-bond donors (Lipinski definition) is 2. The lowest BCUT2D eigenvalue weighted by molar-refractivity contribution is 0.102. The van der Waals surface area contributed by atoms with Crippen molar-refractivity contribution in [1.82, 2.24) is 4.98 Å². The van der Waals surface area contributed by atoms with Crippen LogP contribution in [0.4, 0.5) is 11.5 Å². The predicted molar refractivity (Wildman–Crippen MR) is 108 cm³/mol. The average molecular weight is 396 g/mol. The molecule has 0 bridgehead atoms. The summed E-state index contributed by atoms with van der Waals surface area (Å²) in [6.07, 6.45) is 1.60. The molecule has 7 heteroatoms. The summed E-state index contributed by atoms with van der Waals surface area (Å²) in [4.78, 5) is 16.9. The molecule has 0 spiro atoms. The number of aryl methyl sites for hydroxylation is 1. The van der Waals surface area contributed by atoms with Crippen molar-refractivity contribution in [2.24, 2.45) is 0 Å². The number of nitrogens with zero attached hydrogens (tertiary/aromatic N) is 1. The molecule has 0 atom stereocenters. The minimum Gasteiger partial charge on any atom is -0.454 e. The Morgan fingerprint density at radius 2 is 1.96 bits per heavy atom. The first-order valence-electron chi connectivity index (χ1n) is 8.74. The first kappa shape index (κ1) is 18.1. The van der Waals surface area contributed by atoms with Crippen LogP contribution in [-0.4, -0.2) is 17.7 Å². The summed E-state index contributed by atoms with van der Waals surface area (Å²) in [6.45, 7) is 2.69. The molecule has 0 fully saturated rings. The van der Waals surface area contributed by atoms with Gasteiger partial charge in [-0.25, -0.2) is 4.98 Å². The van der Waals surface area contributed by atoms with Crippen molar-refractivity contribution in [2.75, 3.05) is 17.4 Å². The van der Waals surface area contributed by atoms with Crippen LogP contribution in [0.15, 0.2) is 54.7 Å². The molecule has 0 aliphatic carbocycles. The van der Waals surface area contributed by atoms with E-state index in [1.165, 1.54) is 0 Å². The van der Waals surface area contributed by atoms with Crippen molar-refractivity contribution >= 4 is 29.0 Å². The SMILES string of the molecule is Cc1cc(Cl)ccc1NC(=O)c1ccnc(NCc2ccc3c(c2)OCO3)c1. The first-order valence-corrected chi connectivity index (χ1v) is 9.12. The van der Waals surface area contributed by atoms with Crippen LogP contribution in [0.1, 0.15) is 21.5 Å². The summed E-state index contributed by atoms with van der Waals surface area (Å²) in [7, 11) is 0. The number of nitrogens with one attached hydrogen (secondary N) is 2. The van der Waals surface area contributed by atoms with E-state index in [1.54, 1.807) is 30.5 Å². The number of rotatable bonds is 5. The molecular formula is C21H18ClN3O3. The van der Waals surface area contributed by atoms with E-state index in [0.29, 0.717) is 22.9 Å². The van der Waals surface area contributed by atoms with Crippen LogP contribution in [0.25, 0.3) is 0 Å². The third-order valence-electron chi connectivity index (χ3n) is 4.37. The smallest absolute Gasteiger partial charge is 0.255 e. The standard InChI is InChI=1S/C21H18ClN3O3/c1-13-8-16(22)3-4-17(13)25-21(26)15-6-7-23-20(10-15)24-11-14-2-5-18-19(9-14)28-12-27-18/h2-10H,11-12H2,1H3,(H,23,24)(H,25,26). The Bertz CT molecular complexity index is 1040. The van der Waals surface area contributed by atoms with E-state index in [9.17, 15) is 4.79 Å². The molecule has 2 N–H and O–H groups in total. The Morgan fingerprint density at radius 1 is 1.11 bits per heavy atom. The largest absolute Gasteiger partial charge is 0.454 e. The highest BCUT2D eigenvalue weighted by Crippen LogP contribution is 2.32. The Labute approximate surface area is 167 Å². The third-order valence-corrected chi connectivity index (χ3v) is 4.60. The van der Waals surface area contributed by atoms with Crippen molar-refractivity contribution in [3.8, 4) is 11.5 Å². The van der Waals surface area contributed by atoms with Crippen molar-refractivity contribution in [3.63, 3.8) is 0 Å². The Hall–Kier alpha value is -3.25. The van der Waals surface area contributed by atoms with Crippen LogP contribution < -0.4 is 20.1 Å². The molecule has 0 radical (unpaired) electrons. The highest BCUT2D eigenvalue weighted by Gasteiger charge is 2.13. The van der Waals surface area contributed by atoms with Gasteiger partial charge in [0.25, 0.3) is 5.91 Å². The molecule has 0 saturated carbocycles. The lowest BCUT2D eigenvalue weighted by Gasteiger charge is -2.10. The highest BCUT2D eigenvalue weighted by atomic mass is 35.5. The molecule has 1 amide bonds. The fraction of sp³-hybridized carbons (Fsp3) is 0.143.